The summed E-state index contributed by atoms with van der Waals surface area (Å²) < 4.78 is 0. The highest BCUT2D eigenvalue weighted by Crippen LogP contribution is 2.38. The summed E-state index contributed by atoms with van der Waals surface area (Å²) in [6, 6.07) is 6.81. The summed E-state index contributed by atoms with van der Waals surface area (Å²) in [6.45, 7) is 2.15. The van der Waals surface area contributed by atoms with E-state index in [1.807, 2.05) is 4.90 Å². The summed E-state index contributed by atoms with van der Waals surface area (Å²) in [6.07, 6.45) is 3.78. The molecule has 0 spiro atoms. The second-order valence-electron chi connectivity index (χ2n) is 4.60. The van der Waals surface area contributed by atoms with Gasteiger partial charge in [0.25, 0.3) is 0 Å². The smallest absolute Gasteiger partial charge is 0.227 e. The van der Waals surface area contributed by atoms with Gasteiger partial charge in [0.15, 0.2) is 0 Å². The van der Waals surface area contributed by atoms with E-state index in [9.17, 15) is 4.79 Å². The van der Waals surface area contributed by atoms with Gasteiger partial charge in [0.1, 0.15) is 0 Å². The average molecular weight is 201 g/mol. The third-order valence-electron chi connectivity index (χ3n) is 3.51. The fourth-order valence-electron chi connectivity index (χ4n) is 2.87. The van der Waals surface area contributed by atoms with Gasteiger partial charge >= 0.3 is 0 Å². The van der Waals surface area contributed by atoms with Crippen LogP contribution in [0.15, 0.2) is 18.2 Å². The molecule has 0 saturated carbocycles. The molecule has 0 aromatic heterocycles. The molecule has 1 atom stereocenters. The zero-order chi connectivity index (χ0) is 10.4. The molecular formula is C13H15NO. The van der Waals surface area contributed by atoms with Crippen LogP contribution in [0.1, 0.15) is 30.9 Å². The van der Waals surface area contributed by atoms with Crippen LogP contribution in [-0.2, 0) is 17.6 Å². The van der Waals surface area contributed by atoms with Crippen LogP contribution >= 0.6 is 0 Å². The Kier molecular flexibility index (Phi) is 1.84. The van der Waals surface area contributed by atoms with Crippen LogP contribution < -0.4 is 4.90 Å². The summed E-state index contributed by atoms with van der Waals surface area (Å²) >= 11 is 0. The Labute approximate surface area is 89.9 Å². The molecule has 2 aliphatic heterocycles. The van der Waals surface area contributed by atoms with E-state index < -0.39 is 0 Å². The number of nitrogens with zero attached hydrogens (tertiary/aromatic N) is 1. The number of hydrogen-bond acceptors (Lipinski definition) is 1. The number of carbonyl (C=O) groups excluding carboxylic acids is 1. The first-order chi connectivity index (χ1) is 7.27. The number of para-hydroxylation sites is 1. The molecule has 0 saturated heterocycles. The first-order valence-corrected chi connectivity index (χ1v) is 5.70. The van der Waals surface area contributed by atoms with Gasteiger partial charge in [0.05, 0.1) is 5.69 Å². The Morgan fingerprint density at radius 3 is 2.93 bits per heavy atom. The zero-order valence-corrected chi connectivity index (χ0v) is 8.99. The van der Waals surface area contributed by atoms with Crippen LogP contribution in [0.5, 0.6) is 0 Å². The molecular weight excluding hydrogens is 186 g/mol. The number of carbonyl (C=O) groups is 1. The minimum absolute atomic E-state index is 0.311. The molecule has 0 aliphatic carbocycles. The molecule has 2 nitrogen and oxygen atoms in total. The molecule has 1 unspecified atom stereocenters. The molecule has 2 heteroatoms. The van der Waals surface area contributed by atoms with E-state index in [1.54, 1.807) is 0 Å². The predicted molar refractivity (Wildman–Crippen MR) is 60.0 cm³/mol. The van der Waals surface area contributed by atoms with Crippen LogP contribution in [0, 0.1) is 0 Å². The van der Waals surface area contributed by atoms with E-state index in [0.29, 0.717) is 18.4 Å². The third-order valence-corrected chi connectivity index (χ3v) is 3.51. The number of hydrogen-bond donors (Lipinski definition) is 0. The lowest BCUT2D eigenvalue weighted by Gasteiger charge is -2.22. The number of amides is 1. The molecule has 2 aliphatic rings. The Morgan fingerprint density at radius 2 is 2.07 bits per heavy atom. The molecule has 0 fully saturated rings. The lowest BCUT2D eigenvalue weighted by molar-refractivity contribution is -0.118. The summed E-state index contributed by atoms with van der Waals surface area (Å²) in [5, 5.41) is 0. The third kappa shape index (κ3) is 1.21. The maximum absolute atomic E-state index is 12.0. The van der Waals surface area contributed by atoms with Gasteiger partial charge in [0, 0.05) is 12.5 Å². The zero-order valence-electron chi connectivity index (χ0n) is 8.99. The van der Waals surface area contributed by atoms with Crippen LogP contribution in [0.25, 0.3) is 0 Å². The first-order valence-electron chi connectivity index (χ1n) is 5.70. The Bertz CT molecular complexity index is 425. The lowest BCUT2D eigenvalue weighted by atomic mass is 10.0. The Hall–Kier alpha value is -1.31. The van der Waals surface area contributed by atoms with Gasteiger partial charge in [-0.2, -0.15) is 0 Å². The highest BCUT2D eigenvalue weighted by molar-refractivity contribution is 5.97. The van der Waals surface area contributed by atoms with Crippen molar-refractivity contribution in [3.05, 3.63) is 29.3 Å². The van der Waals surface area contributed by atoms with Crippen molar-refractivity contribution in [1.82, 2.24) is 0 Å². The van der Waals surface area contributed by atoms with Gasteiger partial charge in [-0.25, -0.2) is 0 Å². The lowest BCUT2D eigenvalue weighted by Crippen LogP contribution is -2.35. The summed E-state index contributed by atoms with van der Waals surface area (Å²) in [5.74, 6) is 0.311. The highest BCUT2D eigenvalue weighted by Gasteiger charge is 2.33. The van der Waals surface area contributed by atoms with E-state index in [0.717, 1.165) is 19.3 Å². The second kappa shape index (κ2) is 3.09. The summed E-state index contributed by atoms with van der Waals surface area (Å²) in [7, 11) is 0. The van der Waals surface area contributed by atoms with E-state index >= 15 is 0 Å². The maximum atomic E-state index is 12.0. The topological polar surface area (TPSA) is 20.3 Å². The van der Waals surface area contributed by atoms with Crippen molar-refractivity contribution in [3.8, 4) is 0 Å². The molecule has 15 heavy (non-hydrogen) atoms. The molecule has 1 aromatic carbocycles. The monoisotopic (exact) mass is 201 g/mol. The van der Waals surface area contributed by atoms with Crippen LogP contribution in [0.2, 0.25) is 0 Å². The predicted octanol–water partition coefficient (Wildman–Crippen LogP) is 2.30. The highest BCUT2D eigenvalue weighted by atomic mass is 16.2. The molecule has 0 bridgehead atoms. The molecule has 0 radical (unpaired) electrons. The van der Waals surface area contributed by atoms with Crippen molar-refractivity contribution in [2.45, 2.75) is 38.6 Å². The van der Waals surface area contributed by atoms with Crippen molar-refractivity contribution in [1.29, 1.82) is 0 Å². The Balaban J connectivity index is 2.21. The molecule has 78 valence electrons. The maximum Gasteiger partial charge on any atom is 0.227 e. The molecule has 1 aromatic rings. The molecule has 3 rings (SSSR count). The van der Waals surface area contributed by atoms with Crippen molar-refractivity contribution in [2.24, 2.45) is 0 Å². The van der Waals surface area contributed by atoms with Gasteiger partial charge in [-0.15, -0.1) is 0 Å². The normalized spacial score (nSPS) is 23.9. The van der Waals surface area contributed by atoms with Gasteiger partial charge in [0.2, 0.25) is 5.91 Å². The molecule has 2 heterocycles. The van der Waals surface area contributed by atoms with Crippen molar-refractivity contribution in [2.75, 3.05) is 4.90 Å². The number of rotatable bonds is 0. The SMILES string of the molecule is CC1Cc2cccc3c2N1C(=O)CCC3. The number of benzene rings is 1. The standard InChI is InChI=1S/C13H15NO/c1-9-8-11-6-2-4-10-5-3-7-12(15)14(9)13(10)11/h2,4,6,9H,3,5,7-8H2,1H3. The first kappa shape index (κ1) is 8.96. The number of anilines is 1. The Morgan fingerprint density at radius 1 is 1.27 bits per heavy atom. The minimum atomic E-state index is 0.311. The van der Waals surface area contributed by atoms with Crippen LogP contribution in [0.3, 0.4) is 0 Å². The van der Waals surface area contributed by atoms with Gasteiger partial charge in [-0.3, -0.25) is 4.79 Å². The van der Waals surface area contributed by atoms with E-state index in [4.69, 9.17) is 0 Å². The van der Waals surface area contributed by atoms with Crippen LogP contribution in [0.4, 0.5) is 5.69 Å². The van der Waals surface area contributed by atoms with E-state index in [-0.39, 0.29) is 0 Å². The fraction of sp³-hybridized carbons (Fsp3) is 0.462. The minimum Gasteiger partial charge on any atom is -0.309 e. The largest absolute Gasteiger partial charge is 0.309 e. The quantitative estimate of drug-likeness (QED) is 0.630. The van der Waals surface area contributed by atoms with Crippen molar-refractivity contribution >= 4 is 11.6 Å². The van der Waals surface area contributed by atoms with Crippen molar-refractivity contribution < 1.29 is 4.79 Å². The van der Waals surface area contributed by atoms with Gasteiger partial charge < -0.3 is 4.90 Å². The van der Waals surface area contributed by atoms with Crippen molar-refractivity contribution in [3.63, 3.8) is 0 Å². The van der Waals surface area contributed by atoms with Crippen LogP contribution in [-0.4, -0.2) is 11.9 Å². The van der Waals surface area contributed by atoms with E-state index in [1.165, 1.54) is 16.8 Å². The molecule has 1 amide bonds. The van der Waals surface area contributed by atoms with E-state index in [2.05, 4.69) is 25.1 Å². The number of aryl methyl sites for hydroxylation is 1. The fourth-order valence-corrected chi connectivity index (χ4v) is 2.87. The second-order valence-corrected chi connectivity index (χ2v) is 4.60. The molecule has 0 N–H and O–H groups in total. The van der Waals surface area contributed by atoms with Gasteiger partial charge in [-0.1, -0.05) is 18.2 Å². The summed E-state index contributed by atoms with van der Waals surface area (Å²) in [5.41, 5.74) is 3.95. The summed E-state index contributed by atoms with van der Waals surface area (Å²) in [4.78, 5) is 14.0. The average Bonchev–Trinajstić information content (AvgIpc) is 2.43. The van der Waals surface area contributed by atoms with Gasteiger partial charge in [-0.05, 0) is 37.3 Å².